The minimum Gasteiger partial charge on any atom is -0.459 e. The Bertz CT molecular complexity index is 457. The largest absolute Gasteiger partial charge is 0.459 e. The summed E-state index contributed by atoms with van der Waals surface area (Å²) in [5.74, 6) is 0.321. The van der Waals surface area contributed by atoms with Crippen LogP contribution in [-0.2, 0) is 14.3 Å². The van der Waals surface area contributed by atoms with Gasteiger partial charge in [-0.15, -0.1) is 0 Å². The van der Waals surface area contributed by atoms with Gasteiger partial charge in [-0.25, -0.2) is 0 Å². The number of methoxy groups -OCH3 is 1. The Morgan fingerprint density at radius 1 is 1.19 bits per heavy atom. The molecule has 0 bridgehead atoms. The van der Waals surface area contributed by atoms with E-state index in [0.29, 0.717) is 12.3 Å². The third kappa shape index (κ3) is 5.58. The van der Waals surface area contributed by atoms with Crippen LogP contribution in [-0.4, -0.2) is 19.2 Å². The molecule has 0 saturated heterocycles. The van der Waals surface area contributed by atoms with E-state index >= 15 is 0 Å². The molecule has 0 fully saturated rings. The number of hydrogen-bond acceptors (Lipinski definition) is 3. The van der Waals surface area contributed by atoms with Gasteiger partial charge in [0.2, 0.25) is 0 Å². The molecule has 4 heteroatoms. The monoisotopic (exact) mass is 404 g/mol. The van der Waals surface area contributed by atoms with Crippen molar-refractivity contribution in [3.8, 4) is 0 Å². The molecule has 0 aliphatic heterocycles. The standard InChI is InChI=1S/C17H25IO3/c1-11(2)10-15(19)21-16(12(3)4)17(20-5)13-8-6-7-9-14(13)18/h6-9,11-12,16-17H,10H2,1-5H3/t16-,17-/m0/s1. The van der Waals surface area contributed by atoms with Gasteiger partial charge in [-0.05, 0) is 46.1 Å². The van der Waals surface area contributed by atoms with Gasteiger partial charge in [0.25, 0.3) is 0 Å². The van der Waals surface area contributed by atoms with Crippen molar-refractivity contribution >= 4 is 28.6 Å². The summed E-state index contributed by atoms with van der Waals surface area (Å²) < 4.78 is 12.5. The van der Waals surface area contributed by atoms with Crippen LogP contribution in [0.2, 0.25) is 0 Å². The van der Waals surface area contributed by atoms with Gasteiger partial charge in [0, 0.05) is 17.1 Å². The fourth-order valence-corrected chi connectivity index (χ4v) is 2.92. The van der Waals surface area contributed by atoms with Gasteiger partial charge in [0.05, 0.1) is 0 Å². The smallest absolute Gasteiger partial charge is 0.306 e. The minimum absolute atomic E-state index is 0.156. The second kappa shape index (κ2) is 8.73. The van der Waals surface area contributed by atoms with Crippen molar-refractivity contribution in [2.45, 2.75) is 46.3 Å². The Kier molecular flexibility index (Phi) is 7.66. The first-order chi connectivity index (χ1) is 9.86. The number of halogens is 1. The molecule has 2 atom stereocenters. The molecule has 0 spiro atoms. The van der Waals surface area contributed by atoms with E-state index in [-0.39, 0.29) is 24.1 Å². The molecule has 1 aromatic rings. The summed E-state index contributed by atoms with van der Waals surface area (Å²) in [4.78, 5) is 12.0. The van der Waals surface area contributed by atoms with Crippen LogP contribution in [0.3, 0.4) is 0 Å². The molecule has 118 valence electrons. The van der Waals surface area contributed by atoms with E-state index in [9.17, 15) is 4.79 Å². The molecular weight excluding hydrogens is 379 g/mol. The highest BCUT2D eigenvalue weighted by Crippen LogP contribution is 2.31. The highest BCUT2D eigenvalue weighted by molar-refractivity contribution is 14.1. The average molecular weight is 404 g/mol. The summed E-state index contributed by atoms with van der Waals surface area (Å²) in [7, 11) is 1.67. The predicted octanol–water partition coefficient (Wildman–Crippen LogP) is 4.59. The van der Waals surface area contributed by atoms with Crippen molar-refractivity contribution in [1.82, 2.24) is 0 Å². The molecule has 1 rings (SSSR count). The van der Waals surface area contributed by atoms with E-state index in [4.69, 9.17) is 9.47 Å². The number of benzene rings is 1. The number of ether oxygens (including phenoxy) is 2. The molecule has 21 heavy (non-hydrogen) atoms. The van der Waals surface area contributed by atoms with Gasteiger partial charge in [0.1, 0.15) is 12.2 Å². The summed E-state index contributed by atoms with van der Waals surface area (Å²) in [5, 5.41) is 0. The molecule has 0 aliphatic rings. The third-order valence-corrected chi connectivity index (χ3v) is 4.25. The second-order valence-electron chi connectivity index (χ2n) is 5.97. The van der Waals surface area contributed by atoms with Crippen LogP contribution in [0.1, 0.15) is 45.8 Å². The lowest BCUT2D eigenvalue weighted by Gasteiger charge is -2.30. The van der Waals surface area contributed by atoms with Crippen LogP contribution in [0.5, 0.6) is 0 Å². The Labute approximate surface area is 141 Å². The van der Waals surface area contributed by atoms with Gasteiger partial charge in [0.15, 0.2) is 0 Å². The van der Waals surface area contributed by atoms with E-state index in [1.165, 1.54) is 0 Å². The third-order valence-electron chi connectivity index (χ3n) is 3.26. The molecule has 1 aromatic carbocycles. The fourth-order valence-electron chi connectivity index (χ4n) is 2.22. The van der Waals surface area contributed by atoms with E-state index in [2.05, 4.69) is 36.4 Å². The van der Waals surface area contributed by atoms with Crippen molar-refractivity contribution in [3.63, 3.8) is 0 Å². The van der Waals surface area contributed by atoms with Crippen LogP contribution >= 0.6 is 22.6 Å². The van der Waals surface area contributed by atoms with Crippen LogP contribution < -0.4 is 0 Å². The van der Waals surface area contributed by atoms with E-state index < -0.39 is 0 Å². The Morgan fingerprint density at radius 2 is 1.81 bits per heavy atom. The van der Waals surface area contributed by atoms with Crippen molar-refractivity contribution in [2.75, 3.05) is 7.11 Å². The van der Waals surface area contributed by atoms with Crippen LogP contribution in [0.25, 0.3) is 0 Å². The Balaban J connectivity index is 2.96. The maximum Gasteiger partial charge on any atom is 0.306 e. The molecule has 0 aliphatic carbocycles. The Morgan fingerprint density at radius 3 is 2.29 bits per heavy atom. The van der Waals surface area contributed by atoms with E-state index in [0.717, 1.165) is 9.13 Å². The molecule has 0 amide bonds. The van der Waals surface area contributed by atoms with Crippen molar-refractivity contribution in [2.24, 2.45) is 11.8 Å². The number of hydrogen-bond donors (Lipinski definition) is 0. The molecule has 0 heterocycles. The van der Waals surface area contributed by atoms with Gasteiger partial charge in [-0.2, -0.15) is 0 Å². The topological polar surface area (TPSA) is 35.5 Å². The van der Waals surface area contributed by atoms with Crippen molar-refractivity contribution in [1.29, 1.82) is 0 Å². The molecular formula is C17H25IO3. The molecule has 0 saturated carbocycles. The van der Waals surface area contributed by atoms with Gasteiger partial charge in [-0.3, -0.25) is 4.79 Å². The summed E-state index contributed by atoms with van der Waals surface area (Å²) in [6, 6.07) is 8.04. The molecule has 0 N–H and O–H groups in total. The zero-order valence-electron chi connectivity index (χ0n) is 13.4. The predicted molar refractivity (Wildman–Crippen MR) is 93.1 cm³/mol. The van der Waals surface area contributed by atoms with Crippen LogP contribution in [0.4, 0.5) is 0 Å². The van der Waals surface area contributed by atoms with Crippen molar-refractivity contribution in [3.05, 3.63) is 33.4 Å². The number of carbonyl (C=O) groups excluding carboxylic acids is 1. The van der Waals surface area contributed by atoms with Gasteiger partial charge in [-0.1, -0.05) is 45.9 Å². The first-order valence-electron chi connectivity index (χ1n) is 7.33. The number of rotatable bonds is 7. The van der Waals surface area contributed by atoms with E-state index in [1.54, 1.807) is 7.11 Å². The molecule has 3 nitrogen and oxygen atoms in total. The first kappa shape index (κ1) is 18.4. The molecule has 0 aromatic heterocycles. The lowest BCUT2D eigenvalue weighted by atomic mass is 9.95. The average Bonchev–Trinajstić information content (AvgIpc) is 2.39. The van der Waals surface area contributed by atoms with Crippen molar-refractivity contribution < 1.29 is 14.3 Å². The lowest BCUT2D eigenvalue weighted by Crippen LogP contribution is -2.32. The summed E-state index contributed by atoms with van der Waals surface area (Å²) in [6.07, 6.45) is -0.0858. The lowest BCUT2D eigenvalue weighted by molar-refractivity contribution is -0.161. The maximum absolute atomic E-state index is 12.0. The molecule has 0 radical (unpaired) electrons. The highest BCUT2D eigenvalue weighted by atomic mass is 127. The van der Waals surface area contributed by atoms with E-state index in [1.807, 2.05) is 38.1 Å². The van der Waals surface area contributed by atoms with Gasteiger partial charge < -0.3 is 9.47 Å². The van der Waals surface area contributed by atoms with Gasteiger partial charge >= 0.3 is 5.97 Å². The zero-order chi connectivity index (χ0) is 16.0. The fraction of sp³-hybridized carbons (Fsp3) is 0.588. The number of carbonyl (C=O) groups is 1. The maximum atomic E-state index is 12.0. The zero-order valence-corrected chi connectivity index (χ0v) is 15.6. The Hall–Kier alpha value is -0.620. The van der Waals surface area contributed by atoms with Crippen LogP contribution in [0.15, 0.2) is 24.3 Å². The molecule has 0 unspecified atom stereocenters. The minimum atomic E-state index is -0.280. The van der Waals surface area contributed by atoms with Crippen LogP contribution in [0, 0.1) is 15.4 Å². The summed E-state index contributed by atoms with van der Waals surface area (Å²) in [5.41, 5.74) is 1.07. The number of esters is 1. The SMILES string of the molecule is CO[C@@H](c1ccccc1I)[C@@H](OC(=O)CC(C)C)C(C)C. The second-order valence-corrected chi connectivity index (χ2v) is 7.14. The summed E-state index contributed by atoms with van der Waals surface area (Å²) >= 11 is 2.29. The normalized spacial score (nSPS) is 14.3. The first-order valence-corrected chi connectivity index (χ1v) is 8.41. The summed E-state index contributed by atoms with van der Waals surface area (Å²) in [6.45, 7) is 8.13. The quantitative estimate of drug-likeness (QED) is 0.493. The highest BCUT2D eigenvalue weighted by Gasteiger charge is 2.30.